The Hall–Kier alpha value is -3.25. The van der Waals surface area contributed by atoms with Gasteiger partial charge in [-0.3, -0.25) is 14.9 Å². The highest BCUT2D eigenvalue weighted by Gasteiger charge is 2.26. The maximum Gasteiger partial charge on any atom is 0.258 e. The molecular formula is C23H21ClN4O2. The second kappa shape index (κ2) is 8.63. The number of benzene rings is 2. The minimum absolute atomic E-state index is 0.0597. The quantitative estimate of drug-likeness (QED) is 0.690. The molecule has 1 aliphatic rings. The lowest BCUT2D eigenvalue weighted by Crippen LogP contribution is -2.38. The third-order valence-corrected chi connectivity index (χ3v) is 5.50. The molecule has 0 saturated carbocycles. The van der Waals surface area contributed by atoms with Gasteiger partial charge in [-0.2, -0.15) is 0 Å². The van der Waals surface area contributed by atoms with Crippen LogP contribution in [0.4, 0.5) is 5.95 Å². The molecule has 4 rings (SSSR count). The summed E-state index contributed by atoms with van der Waals surface area (Å²) in [5, 5.41) is 3.38. The van der Waals surface area contributed by atoms with E-state index in [1.54, 1.807) is 42.6 Å². The van der Waals surface area contributed by atoms with Gasteiger partial charge in [-0.1, -0.05) is 41.9 Å². The Morgan fingerprint density at radius 1 is 1.10 bits per heavy atom. The number of rotatable bonds is 4. The zero-order valence-electron chi connectivity index (χ0n) is 16.5. The molecule has 1 atom stereocenters. The summed E-state index contributed by atoms with van der Waals surface area (Å²) in [6, 6.07) is 16.3. The second-order valence-electron chi connectivity index (χ2n) is 7.27. The number of amides is 2. The highest BCUT2D eigenvalue weighted by Crippen LogP contribution is 2.24. The summed E-state index contributed by atoms with van der Waals surface area (Å²) in [4.78, 5) is 35.8. The summed E-state index contributed by atoms with van der Waals surface area (Å²) in [6.07, 6.45) is 2.31. The Morgan fingerprint density at radius 3 is 2.57 bits per heavy atom. The number of carbonyl (C=O) groups is 2. The van der Waals surface area contributed by atoms with Crippen molar-refractivity contribution in [3.63, 3.8) is 0 Å². The van der Waals surface area contributed by atoms with Crippen molar-refractivity contribution in [1.29, 1.82) is 0 Å². The second-order valence-corrected chi connectivity index (χ2v) is 7.71. The molecule has 1 aliphatic heterocycles. The van der Waals surface area contributed by atoms with Crippen molar-refractivity contribution in [3.8, 4) is 0 Å². The van der Waals surface area contributed by atoms with Crippen molar-refractivity contribution in [2.75, 3.05) is 11.9 Å². The van der Waals surface area contributed by atoms with Crippen LogP contribution in [0, 0.1) is 0 Å². The van der Waals surface area contributed by atoms with Gasteiger partial charge in [0.15, 0.2) is 0 Å². The first-order valence-electron chi connectivity index (χ1n) is 9.76. The van der Waals surface area contributed by atoms with Gasteiger partial charge in [0.25, 0.3) is 5.91 Å². The van der Waals surface area contributed by atoms with Crippen molar-refractivity contribution >= 4 is 29.4 Å². The molecule has 1 unspecified atom stereocenters. The number of hydrogen-bond donors (Lipinski definition) is 1. The first kappa shape index (κ1) is 20.0. The number of anilines is 1. The van der Waals surface area contributed by atoms with Crippen molar-refractivity contribution in [3.05, 3.63) is 88.2 Å². The first-order chi connectivity index (χ1) is 14.5. The fourth-order valence-electron chi connectivity index (χ4n) is 3.50. The molecular weight excluding hydrogens is 400 g/mol. The average molecular weight is 421 g/mol. The minimum atomic E-state index is -0.255. The van der Waals surface area contributed by atoms with E-state index in [9.17, 15) is 9.59 Å². The van der Waals surface area contributed by atoms with Crippen LogP contribution in [0.3, 0.4) is 0 Å². The Kier molecular flexibility index (Phi) is 5.77. The number of nitrogens with one attached hydrogen (secondary N) is 1. The van der Waals surface area contributed by atoms with Gasteiger partial charge < -0.3 is 4.90 Å². The molecule has 3 aromatic rings. The molecule has 30 heavy (non-hydrogen) atoms. The minimum Gasteiger partial charge on any atom is -0.337 e. The number of fused-ring (bicyclic) bond motifs is 1. The first-order valence-corrected chi connectivity index (χ1v) is 10.1. The number of halogens is 1. The van der Waals surface area contributed by atoms with Gasteiger partial charge in [0.05, 0.1) is 11.6 Å². The van der Waals surface area contributed by atoms with Gasteiger partial charge in [0, 0.05) is 41.9 Å². The molecule has 0 aliphatic carbocycles. The van der Waals surface area contributed by atoms with Gasteiger partial charge in [-0.15, -0.1) is 0 Å². The van der Waals surface area contributed by atoms with Crippen LogP contribution in [0.15, 0.2) is 60.8 Å². The van der Waals surface area contributed by atoms with E-state index in [1.165, 1.54) is 0 Å². The van der Waals surface area contributed by atoms with Crippen molar-refractivity contribution < 1.29 is 9.59 Å². The van der Waals surface area contributed by atoms with E-state index in [2.05, 4.69) is 15.3 Å². The van der Waals surface area contributed by atoms with Crippen LogP contribution in [0.1, 0.15) is 40.0 Å². The van der Waals surface area contributed by atoms with Gasteiger partial charge in [0.1, 0.15) is 0 Å². The molecule has 1 N–H and O–H groups in total. The largest absolute Gasteiger partial charge is 0.337 e. The highest BCUT2D eigenvalue weighted by atomic mass is 35.5. The molecule has 0 saturated heterocycles. The highest BCUT2D eigenvalue weighted by molar-refractivity contribution is 6.30. The van der Waals surface area contributed by atoms with Gasteiger partial charge >= 0.3 is 0 Å². The molecule has 6 nitrogen and oxygen atoms in total. The lowest BCUT2D eigenvalue weighted by molar-refractivity contribution is -0.133. The summed E-state index contributed by atoms with van der Waals surface area (Å²) in [5.41, 5.74) is 3.24. The number of carbonyl (C=O) groups excluding carboxylic acids is 2. The van der Waals surface area contributed by atoms with Gasteiger partial charge in [-0.05, 0) is 36.8 Å². The zero-order valence-corrected chi connectivity index (χ0v) is 17.3. The van der Waals surface area contributed by atoms with E-state index < -0.39 is 0 Å². The molecule has 0 spiro atoms. The molecule has 0 bridgehead atoms. The Morgan fingerprint density at radius 2 is 1.83 bits per heavy atom. The molecule has 0 fully saturated rings. The van der Waals surface area contributed by atoms with Crippen molar-refractivity contribution in [2.45, 2.75) is 25.8 Å². The van der Waals surface area contributed by atoms with E-state index in [0.29, 0.717) is 30.1 Å². The van der Waals surface area contributed by atoms with Crippen LogP contribution in [-0.2, 0) is 17.8 Å². The normalized spacial score (nSPS) is 14.0. The predicted molar refractivity (Wildman–Crippen MR) is 115 cm³/mol. The SMILES string of the molecule is CC(C(=O)N1CCc2nc(NC(=O)c3ccccc3)ncc2C1)c1ccc(Cl)cc1. The smallest absolute Gasteiger partial charge is 0.258 e. The van der Waals surface area contributed by atoms with E-state index >= 15 is 0 Å². The fraction of sp³-hybridized carbons (Fsp3) is 0.217. The molecule has 7 heteroatoms. The molecule has 2 aromatic carbocycles. The van der Waals surface area contributed by atoms with Crippen molar-refractivity contribution in [1.82, 2.24) is 14.9 Å². The lowest BCUT2D eigenvalue weighted by Gasteiger charge is -2.30. The zero-order chi connectivity index (χ0) is 21.1. The third kappa shape index (κ3) is 4.33. The van der Waals surface area contributed by atoms with E-state index in [0.717, 1.165) is 16.8 Å². The summed E-state index contributed by atoms with van der Waals surface area (Å²) < 4.78 is 0. The van der Waals surface area contributed by atoms with Crippen LogP contribution in [0.2, 0.25) is 5.02 Å². The fourth-order valence-corrected chi connectivity index (χ4v) is 3.62. The van der Waals surface area contributed by atoms with E-state index in [4.69, 9.17) is 11.6 Å². The molecule has 1 aromatic heterocycles. The monoisotopic (exact) mass is 420 g/mol. The maximum absolute atomic E-state index is 13.0. The molecule has 2 amide bonds. The van der Waals surface area contributed by atoms with Gasteiger partial charge in [0.2, 0.25) is 11.9 Å². The van der Waals surface area contributed by atoms with Crippen LogP contribution >= 0.6 is 11.6 Å². The summed E-state index contributed by atoms with van der Waals surface area (Å²) in [6.45, 7) is 2.94. The molecule has 152 valence electrons. The summed E-state index contributed by atoms with van der Waals surface area (Å²) in [7, 11) is 0. The standard InChI is InChI=1S/C23H21ClN4O2/c1-15(16-7-9-19(24)10-8-16)22(30)28-12-11-20-18(14-28)13-25-23(26-20)27-21(29)17-5-3-2-4-6-17/h2-10,13,15H,11-12,14H2,1H3,(H,25,26,27,29). The molecule has 2 heterocycles. The van der Waals surface area contributed by atoms with E-state index in [-0.39, 0.29) is 23.7 Å². The Bertz CT molecular complexity index is 1070. The lowest BCUT2D eigenvalue weighted by atomic mass is 9.98. The summed E-state index contributed by atoms with van der Waals surface area (Å²) in [5.74, 6) is -0.171. The van der Waals surface area contributed by atoms with Crippen LogP contribution in [-0.4, -0.2) is 33.2 Å². The topological polar surface area (TPSA) is 75.2 Å². The predicted octanol–water partition coefficient (Wildman–Crippen LogP) is 4.07. The van der Waals surface area contributed by atoms with Crippen LogP contribution < -0.4 is 5.32 Å². The number of nitrogens with zero attached hydrogens (tertiary/aromatic N) is 3. The third-order valence-electron chi connectivity index (χ3n) is 5.25. The Labute approximate surface area is 179 Å². The van der Waals surface area contributed by atoms with Gasteiger partial charge in [-0.25, -0.2) is 9.97 Å². The Balaban J connectivity index is 1.43. The number of aromatic nitrogens is 2. The number of hydrogen-bond acceptors (Lipinski definition) is 4. The summed E-state index contributed by atoms with van der Waals surface area (Å²) >= 11 is 5.94. The van der Waals surface area contributed by atoms with Crippen LogP contribution in [0.25, 0.3) is 0 Å². The van der Waals surface area contributed by atoms with Crippen LogP contribution in [0.5, 0.6) is 0 Å². The molecule has 0 radical (unpaired) electrons. The maximum atomic E-state index is 13.0. The average Bonchev–Trinajstić information content (AvgIpc) is 2.79. The van der Waals surface area contributed by atoms with E-state index in [1.807, 2.05) is 30.0 Å². The van der Waals surface area contributed by atoms with Crippen molar-refractivity contribution in [2.24, 2.45) is 0 Å².